The van der Waals surface area contributed by atoms with Crippen molar-refractivity contribution in [2.24, 2.45) is 5.41 Å². The summed E-state index contributed by atoms with van der Waals surface area (Å²) in [4.78, 5) is 4.40. The van der Waals surface area contributed by atoms with Crippen molar-refractivity contribution >= 4 is 0 Å². The van der Waals surface area contributed by atoms with E-state index in [-0.39, 0.29) is 0 Å². The Hall–Kier alpha value is -1.68. The molecule has 1 fully saturated rings. The predicted molar refractivity (Wildman–Crippen MR) is 84.2 cm³/mol. The van der Waals surface area contributed by atoms with Crippen LogP contribution >= 0.6 is 0 Å². The smallest absolute Gasteiger partial charge is 0.146 e. The van der Waals surface area contributed by atoms with Gasteiger partial charge in [0, 0.05) is 6.04 Å². The monoisotopic (exact) mass is 284 g/mol. The summed E-state index contributed by atoms with van der Waals surface area (Å²) in [5.41, 5.74) is 1.53. The standard InChI is InChI=1S/C17H24N4/c1-17(2)10-6-7-14(11-17)18-12-16-19-13-20-21(16)15-8-4-3-5-9-15/h3-5,8-9,13-14,18H,6-7,10-12H2,1-2H3. The van der Waals surface area contributed by atoms with E-state index in [1.165, 1.54) is 25.7 Å². The zero-order valence-corrected chi connectivity index (χ0v) is 12.9. The number of rotatable bonds is 4. The van der Waals surface area contributed by atoms with E-state index in [2.05, 4.69) is 41.4 Å². The Morgan fingerprint density at radius 1 is 1.29 bits per heavy atom. The molecule has 0 radical (unpaired) electrons. The van der Waals surface area contributed by atoms with Crippen molar-refractivity contribution in [3.05, 3.63) is 42.5 Å². The van der Waals surface area contributed by atoms with Crippen LogP contribution in [0.5, 0.6) is 0 Å². The third kappa shape index (κ3) is 3.50. The summed E-state index contributed by atoms with van der Waals surface area (Å²) in [6.45, 7) is 5.51. The van der Waals surface area contributed by atoms with Gasteiger partial charge in [-0.3, -0.25) is 0 Å². The van der Waals surface area contributed by atoms with Gasteiger partial charge in [-0.25, -0.2) is 9.67 Å². The zero-order chi connectivity index (χ0) is 14.7. The molecule has 1 saturated carbocycles. The lowest BCUT2D eigenvalue weighted by Crippen LogP contribution is -2.37. The van der Waals surface area contributed by atoms with Crippen molar-refractivity contribution < 1.29 is 0 Å². The van der Waals surface area contributed by atoms with Crippen molar-refractivity contribution in [2.45, 2.75) is 52.1 Å². The maximum atomic E-state index is 4.40. The van der Waals surface area contributed by atoms with E-state index in [1.54, 1.807) is 6.33 Å². The number of hydrogen-bond donors (Lipinski definition) is 1. The van der Waals surface area contributed by atoms with Gasteiger partial charge in [0.25, 0.3) is 0 Å². The van der Waals surface area contributed by atoms with Crippen LogP contribution in [0.2, 0.25) is 0 Å². The molecule has 1 aromatic carbocycles. The lowest BCUT2D eigenvalue weighted by atomic mass is 9.75. The van der Waals surface area contributed by atoms with Gasteiger partial charge in [-0.05, 0) is 36.8 Å². The molecule has 0 aliphatic heterocycles. The van der Waals surface area contributed by atoms with Gasteiger partial charge in [0.15, 0.2) is 0 Å². The van der Waals surface area contributed by atoms with Gasteiger partial charge in [-0.15, -0.1) is 0 Å². The molecule has 4 heteroatoms. The third-order valence-corrected chi connectivity index (χ3v) is 4.37. The van der Waals surface area contributed by atoms with Gasteiger partial charge in [0.2, 0.25) is 0 Å². The highest BCUT2D eigenvalue weighted by Crippen LogP contribution is 2.35. The molecule has 0 spiro atoms. The van der Waals surface area contributed by atoms with Crippen molar-refractivity contribution in [3.63, 3.8) is 0 Å². The van der Waals surface area contributed by atoms with E-state index >= 15 is 0 Å². The van der Waals surface area contributed by atoms with Crippen LogP contribution < -0.4 is 5.32 Å². The first kappa shape index (κ1) is 14.3. The molecule has 1 aliphatic rings. The zero-order valence-electron chi connectivity index (χ0n) is 12.9. The second kappa shape index (κ2) is 5.98. The van der Waals surface area contributed by atoms with E-state index in [0.29, 0.717) is 11.5 Å². The average molecular weight is 284 g/mol. The van der Waals surface area contributed by atoms with Crippen molar-refractivity contribution in [2.75, 3.05) is 0 Å². The molecule has 0 amide bonds. The van der Waals surface area contributed by atoms with Crippen LogP contribution in [0.1, 0.15) is 45.4 Å². The first-order valence-corrected chi connectivity index (χ1v) is 7.82. The minimum absolute atomic E-state index is 0.461. The van der Waals surface area contributed by atoms with E-state index in [4.69, 9.17) is 0 Å². The Morgan fingerprint density at radius 2 is 2.10 bits per heavy atom. The summed E-state index contributed by atoms with van der Waals surface area (Å²) in [6, 6.07) is 10.8. The minimum atomic E-state index is 0.461. The van der Waals surface area contributed by atoms with Crippen LogP contribution in [-0.2, 0) is 6.54 Å². The highest BCUT2D eigenvalue weighted by Gasteiger charge is 2.27. The molecule has 0 saturated heterocycles. The van der Waals surface area contributed by atoms with Crippen LogP contribution in [-0.4, -0.2) is 20.8 Å². The summed E-state index contributed by atoms with van der Waals surface area (Å²) in [5.74, 6) is 0.976. The van der Waals surface area contributed by atoms with Crippen LogP contribution in [0.3, 0.4) is 0 Å². The number of aromatic nitrogens is 3. The summed E-state index contributed by atoms with van der Waals surface area (Å²) >= 11 is 0. The van der Waals surface area contributed by atoms with Crippen LogP contribution in [0.4, 0.5) is 0 Å². The fourth-order valence-electron chi connectivity index (χ4n) is 3.28. The lowest BCUT2D eigenvalue weighted by Gasteiger charge is -2.35. The molecule has 4 nitrogen and oxygen atoms in total. The number of hydrogen-bond acceptors (Lipinski definition) is 3. The van der Waals surface area contributed by atoms with E-state index in [0.717, 1.165) is 18.1 Å². The molecule has 1 unspecified atom stereocenters. The van der Waals surface area contributed by atoms with E-state index in [9.17, 15) is 0 Å². The molecular formula is C17H24N4. The molecule has 1 aliphatic carbocycles. The molecule has 1 heterocycles. The van der Waals surface area contributed by atoms with Gasteiger partial charge in [0.05, 0.1) is 12.2 Å². The Morgan fingerprint density at radius 3 is 2.86 bits per heavy atom. The summed E-state index contributed by atoms with van der Waals surface area (Å²) in [7, 11) is 0. The fraction of sp³-hybridized carbons (Fsp3) is 0.529. The Bertz CT molecular complexity index is 573. The van der Waals surface area contributed by atoms with E-state index < -0.39 is 0 Å². The minimum Gasteiger partial charge on any atom is -0.307 e. The lowest BCUT2D eigenvalue weighted by molar-refractivity contribution is 0.197. The predicted octanol–water partition coefficient (Wildman–Crippen LogP) is 3.33. The summed E-state index contributed by atoms with van der Waals surface area (Å²) in [6.07, 6.45) is 6.80. The molecule has 21 heavy (non-hydrogen) atoms. The maximum Gasteiger partial charge on any atom is 0.146 e. The Kier molecular flexibility index (Phi) is 4.06. The first-order chi connectivity index (χ1) is 10.1. The van der Waals surface area contributed by atoms with Gasteiger partial charge in [0.1, 0.15) is 12.2 Å². The van der Waals surface area contributed by atoms with Crippen LogP contribution in [0.25, 0.3) is 5.69 Å². The van der Waals surface area contributed by atoms with Crippen molar-refractivity contribution in [3.8, 4) is 5.69 Å². The van der Waals surface area contributed by atoms with Crippen LogP contribution in [0.15, 0.2) is 36.7 Å². The molecular weight excluding hydrogens is 260 g/mol. The van der Waals surface area contributed by atoms with Gasteiger partial charge in [-0.2, -0.15) is 5.10 Å². The first-order valence-electron chi connectivity index (χ1n) is 7.82. The normalized spacial score (nSPS) is 21.3. The van der Waals surface area contributed by atoms with Crippen molar-refractivity contribution in [1.82, 2.24) is 20.1 Å². The van der Waals surface area contributed by atoms with Gasteiger partial charge >= 0.3 is 0 Å². The second-order valence-electron chi connectivity index (χ2n) is 6.76. The average Bonchev–Trinajstić information content (AvgIpc) is 2.93. The maximum absolute atomic E-state index is 4.40. The Balaban J connectivity index is 1.65. The Labute approximate surface area is 126 Å². The van der Waals surface area contributed by atoms with Gasteiger partial charge < -0.3 is 5.32 Å². The van der Waals surface area contributed by atoms with Crippen molar-refractivity contribution in [1.29, 1.82) is 0 Å². The molecule has 1 N–H and O–H groups in total. The number of nitrogens with zero attached hydrogens (tertiary/aromatic N) is 3. The number of benzene rings is 1. The molecule has 3 rings (SSSR count). The SMILES string of the molecule is CC1(C)CCCC(NCc2ncnn2-c2ccccc2)C1. The molecule has 0 bridgehead atoms. The molecule has 112 valence electrons. The quantitative estimate of drug-likeness (QED) is 0.936. The fourth-order valence-corrected chi connectivity index (χ4v) is 3.28. The topological polar surface area (TPSA) is 42.7 Å². The number of nitrogens with one attached hydrogen (secondary N) is 1. The summed E-state index contributed by atoms with van der Waals surface area (Å²) in [5, 5.41) is 8.01. The third-order valence-electron chi connectivity index (χ3n) is 4.37. The molecule has 1 aromatic heterocycles. The second-order valence-corrected chi connectivity index (χ2v) is 6.76. The highest BCUT2D eigenvalue weighted by atomic mass is 15.3. The largest absolute Gasteiger partial charge is 0.307 e. The van der Waals surface area contributed by atoms with E-state index in [1.807, 2.05) is 22.9 Å². The summed E-state index contributed by atoms with van der Waals surface area (Å²) < 4.78 is 1.92. The number of para-hydroxylation sites is 1. The highest BCUT2D eigenvalue weighted by molar-refractivity contribution is 5.30. The molecule has 2 aromatic rings. The molecule has 1 atom stereocenters. The van der Waals surface area contributed by atoms with Crippen LogP contribution in [0, 0.1) is 5.41 Å². The van der Waals surface area contributed by atoms with Gasteiger partial charge in [-0.1, -0.05) is 38.5 Å².